The molecule has 0 fully saturated rings. The van der Waals surface area contributed by atoms with E-state index in [9.17, 15) is 13.2 Å². The molecule has 1 rings (SSSR count). The van der Waals surface area contributed by atoms with Gasteiger partial charge in [0.1, 0.15) is 0 Å². The first-order valence-electron chi connectivity index (χ1n) is 5.00. The van der Waals surface area contributed by atoms with Gasteiger partial charge in [0.15, 0.2) is 0 Å². The molecule has 92 valence electrons. The van der Waals surface area contributed by atoms with Crippen molar-refractivity contribution in [3.05, 3.63) is 28.8 Å². The Bertz CT molecular complexity index is 421. The Balaban J connectivity index is 2.86. The molecule has 0 saturated heterocycles. The molecule has 1 nitrogen and oxygen atoms in total. The summed E-state index contributed by atoms with van der Waals surface area (Å²) in [7, 11) is 0. The second kappa shape index (κ2) is 5.83. The summed E-state index contributed by atoms with van der Waals surface area (Å²) in [4.78, 5) is 0. The number of terminal acetylenes is 1. The maximum absolute atomic E-state index is 12.7. The highest BCUT2D eigenvalue weighted by Gasteiger charge is 2.34. The number of unbranched alkanes of at least 4 members (excludes halogenated alkanes) is 1. The van der Waals surface area contributed by atoms with Gasteiger partial charge in [0.05, 0.1) is 16.3 Å². The third-order valence-corrected chi connectivity index (χ3v) is 2.43. The predicted molar refractivity (Wildman–Crippen MR) is 63.0 cm³/mol. The Kier molecular flexibility index (Phi) is 4.71. The molecule has 0 spiro atoms. The zero-order valence-electron chi connectivity index (χ0n) is 8.94. The summed E-state index contributed by atoms with van der Waals surface area (Å²) in [6.45, 7) is 0.358. The molecule has 1 aromatic rings. The Morgan fingerprint density at radius 3 is 2.65 bits per heavy atom. The van der Waals surface area contributed by atoms with Crippen molar-refractivity contribution in [3.63, 3.8) is 0 Å². The fourth-order valence-corrected chi connectivity index (χ4v) is 1.59. The zero-order chi connectivity index (χ0) is 12.9. The molecule has 1 N–H and O–H groups in total. The first-order chi connectivity index (χ1) is 7.96. The van der Waals surface area contributed by atoms with E-state index in [1.165, 1.54) is 12.1 Å². The number of rotatable bonds is 4. The van der Waals surface area contributed by atoms with Crippen molar-refractivity contribution in [3.8, 4) is 12.3 Å². The largest absolute Gasteiger partial charge is 0.418 e. The molecule has 0 amide bonds. The van der Waals surface area contributed by atoms with Crippen molar-refractivity contribution < 1.29 is 13.2 Å². The summed E-state index contributed by atoms with van der Waals surface area (Å²) in [5.41, 5.74) is -0.843. The van der Waals surface area contributed by atoms with E-state index in [1.54, 1.807) is 0 Å². The summed E-state index contributed by atoms with van der Waals surface area (Å²) in [5, 5.41) is 2.73. The molecule has 0 aromatic heterocycles. The predicted octanol–water partition coefficient (Wildman–Crippen LogP) is 4.18. The van der Waals surface area contributed by atoms with Crippen molar-refractivity contribution in [1.29, 1.82) is 0 Å². The van der Waals surface area contributed by atoms with Crippen molar-refractivity contribution >= 4 is 17.3 Å². The normalized spacial score (nSPS) is 11.0. The molecule has 1 aromatic carbocycles. The summed E-state index contributed by atoms with van der Waals surface area (Å²) in [6.07, 6.45) is 1.74. The lowest BCUT2D eigenvalue weighted by Gasteiger charge is -2.15. The van der Waals surface area contributed by atoms with Crippen LogP contribution < -0.4 is 5.32 Å². The lowest BCUT2D eigenvalue weighted by Crippen LogP contribution is -2.12. The quantitative estimate of drug-likeness (QED) is 0.633. The van der Waals surface area contributed by atoms with Crippen molar-refractivity contribution in [2.24, 2.45) is 0 Å². The minimum atomic E-state index is -4.42. The maximum Gasteiger partial charge on any atom is 0.418 e. The Morgan fingerprint density at radius 1 is 1.35 bits per heavy atom. The average Bonchev–Trinajstić information content (AvgIpc) is 2.24. The second-order valence-electron chi connectivity index (χ2n) is 3.39. The average molecular weight is 262 g/mol. The molecule has 17 heavy (non-hydrogen) atoms. The van der Waals surface area contributed by atoms with Crippen molar-refractivity contribution in [2.45, 2.75) is 19.0 Å². The smallest absolute Gasteiger partial charge is 0.383 e. The fraction of sp³-hybridized carbons (Fsp3) is 0.333. The number of nitrogens with one attached hydrogen (secondary N) is 1. The number of alkyl halides is 3. The standard InChI is InChI=1S/C12H11ClF3N/c1-2-3-4-8-17-11-9(12(14,15)16)6-5-7-10(11)13/h1,5-7,17H,3-4,8H2. The molecule has 0 saturated carbocycles. The molecular weight excluding hydrogens is 251 g/mol. The van der Waals surface area contributed by atoms with Gasteiger partial charge in [-0.25, -0.2) is 0 Å². The summed E-state index contributed by atoms with van der Waals surface area (Å²) < 4.78 is 38.0. The van der Waals surface area contributed by atoms with Gasteiger partial charge in [0.2, 0.25) is 0 Å². The van der Waals surface area contributed by atoms with Crippen molar-refractivity contribution in [2.75, 3.05) is 11.9 Å². The van der Waals surface area contributed by atoms with E-state index in [-0.39, 0.29) is 10.7 Å². The number of para-hydroxylation sites is 1. The van der Waals surface area contributed by atoms with Gasteiger partial charge in [-0.15, -0.1) is 12.3 Å². The van der Waals surface area contributed by atoms with Crippen molar-refractivity contribution in [1.82, 2.24) is 0 Å². The third kappa shape index (κ3) is 3.86. The van der Waals surface area contributed by atoms with E-state index in [0.717, 1.165) is 6.07 Å². The van der Waals surface area contributed by atoms with Crippen LogP contribution in [-0.2, 0) is 6.18 Å². The highest BCUT2D eigenvalue weighted by atomic mass is 35.5. The molecule has 5 heteroatoms. The van der Waals surface area contributed by atoms with Crippen LogP contribution in [0.25, 0.3) is 0 Å². The van der Waals surface area contributed by atoms with E-state index in [1.807, 2.05) is 0 Å². The number of hydrogen-bond donors (Lipinski definition) is 1. The Hall–Kier alpha value is -1.34. The van der Waals surface area contributed by atoms with Gasteiger partial charge < -0.3 is 5.32 Å². The maximum atomic E-state index is 12.7. The molecule has 0 unspecified atom stereocenters. The fourth-order valence-electron chi connectivity index (χ4n) is 1.34. The minimum Gasteiger partial charge on any atom is -0.383 e. The van der Waals surface area contributed by atoms with E-state index < -0.39 is 11.7 Å². The Morgan fingerprint density at radius 2 is 2.06 bits per heavy atom. The van der Waals surface area contributed by atoms with Crippen LogP contribution in [0.1, 0.15) is 18.4 Å². The summed E-state index contributed by atoms with van der Waals surface area (Å²) in [5.74, 6) is 2.42. The number of halogens is 4. The Labute approximate surface area is 103 Å². The minimum absolute atomic E-state index is 0.0560. The van der Waals surface area contributed by atoms with Gasteiger partial charge in [-0.1, -0.05) is 17.7 Å². The van der Waals surface area contributed by atoms with Gasteiger partial charge in [-0.3, -0.25) is 0 Å². The first-order valence-corrected chi connectivity index (χ1v) is 5.37. The summed E-state index contributed by atoms with van der Waals surface area (Å²) >= 11 is 5.75. The van der Waals surface area contributed by atoms with Crippen LogP contribution in [0.4, 0.5) is 18.9 Å². The van der Waals surface area contributed by atoms with Crippen LogP contribution in [0.3, 0.4) is 0 Å². The molecule has 0 heterocycles. The molecule has 0 atom stereocenters. The monoisotopic (exact) mass is 261 g/mol. The molecule has 0 aliphatic rings. The topological polar surface area (TPSA) is 12.0 Å². The van der Waals surface area contributed by atoms with Gasteiger partial charge >= 0.3 is 6.18 Å². The van der Waals surface area contributed by atoms with Gasteiger partial charge in [0.25, 0.3) is 0 Å². The molecule has 0 radical (unpaired) electrons. The second-order valence-corrected chi connectivity index (χ2v) is 3.80. The third-order valence-electron chi connectivity index (χ3n) is 2.12. The molecule has 0 bridgehead atoms. The van der Waals surface area contributed by atoms with Crippen LogP contribution in [0.5, 0.6) is 0 Å². The lowest BCUT2D eigenvalue weighted by atomic mass is 10.1. The van der Waals surface area contributed by atoms with E-state index in [4.69, 9.17) is 18.0 Å². The number of benzene rings is 1. The first kappa shape index (κ1) is 13.7. The molecule has 0 aliphatic heterocycles. The van der Waals surface area contributed by atoms with Crippen LogP contribution in [0.15, 0.2) is 18.2 Å². The van der Waals surface area contributed by atoms with Crippen LogP contribution in [-0.4, -0.2) is 6.54 Å². The van der Waals surface area contributed by atoms with E-state index in [2.05, 4.69) is 11.2 Å². The SMILES string of the molecule is C#CCCCNc1c(Cl)cccc1C(F)(F)F. The highest BCUT2D eigenvalue weighted by molar-refractivity contribution is 6.33. The highest BCUT2D eigenvalue weighted by Crippen LogP contribution is 2.38. The molecule has 0 aliphatic carbocycles. The number of anilines is 1. The van der Waals surface area contributed by atoms with Gasteiger partial charge in [-0.05, 0) is 18.6 Å². The zero-order valence-corrected chi connectivity index (χ0v) is 9.70. The van der Waals surface area contributed by atoms with Gasteiger partial charge in [-0.2, -0.15) is 13.2 Å². The lowest BCUT2D eigenvalue weighted by molar-refractivity contribution is -0.136. The molecular formula is C12H11ClF3N. The number of hydrogen-bond acceptors (Lipinski definition) is 1. The summed E-state index contributed by atoms with van der Waals surface area (Å²) in [6, 6.07) is 3.69. The van der Waals surface area contributed by atoms with E-state index in [0.29, 0.717) is 19.4 Å². The van der Waals surface area contributed by atoms with E-state index >= 15 is 0 Å². The van der Waals surface area contributed by atoms with Crippen LogP contribution in [0.2, 0.25) is 5.02 Å². The van der Waals surface area contributed by atoms with Crippen LogP contribution in [0, 0.1) is 12.3 Å². The van der Waals surface area contributed by atoms with Gasteiger partial charge in [0, 0.05) is 13.0 Å². The van der Waals surface area contributed by atoms with Crippen LogP contribution >= 0.6 is 11.6 Å².